The van der Waals surface area contributed by atoms with Crippen molar-refractivity contribution in [2.45, 2.75) is 19.4 Å². The highest BCUT2D eigenvalue weighted by molar-refractivity contribution is 5.95. The Balaban J connectivity index is 2.13. The van der Waals surface area contributed by atoms with Gasteiger partial charge in [-0.05, 0) is 30.5 Å². The lowest BCUT2D eigenvalue weighted by Crippen LogP contribution is -2.44. The highest BCUT2D eigenvalue weighted by atomic mass is 16.3. The summed E-state index contributed by atoms with van der Waals surface area (Å²) in [4.78, 5) is 16.3. The highest BCUT2D eigenvalue weighted by Gasteiger charge is 2.27. The molecule has 0 saturated carbocycles. The Bertz CT molecular complexity index is 459. The molecule has 19 heavy (non-hydrogen) atoms. The van der Waals surface area contributed by atoms with Crippen LogP contribution in [-0.2, 0) is 0 Å². The summed E-state index contributed by atoms with van der Waals surface area (Å²) in [5.74, 6) is 0.206. The topological polar surface area (TPSA) is 43.8 Å². The maximum atomic E-state index is 12.5. The molecule has 1 saturated heterocycles. The molecule has 0 aliphatic carbocycles. The molecule has 0 spiro atoms. The molecule has 2 unspecified atom stereocenters. The SMILES string of the molecule is CC1CN(C(=O)c2cccc(N(C)C)c2)CCC1O. The Morgan fingerprint density at radius 1 is 1.42 bits per heavy atom. The van der Waals surface area contributed by atoms with E-state index in [4.69, 9.17) is 0 Å². The molecule has 4 heteroatoms. The minimum atomic E-state index is -0.280. The van der Waals surface area contributed by atoms with E-state index in [-0.39, 0.29) is 17.9 Å². The summed E-state index contributed by atoms with van der Waals surface area (Å²) in [6.07, 6.45) is 0.387. The third-order valence-corrected chi connectivity index (χ3v) is 3.76. The molecule has 0 bridgehead atoms. The van der Waals surface area contributed by atoms with E-state index in [1.165, 1.54) is 0 Å². The molecule has 1 amide bonds. The van der Waals surface area contributed by atoms with Crippen molar-refractivity contribution in [3.63, 3.8) is 0 Å². The molecule has 104 valence electrons. The summed E-state index contributed by atoms with van der Waals surface area (Å²) in [6, 6.07) is 7.66. The van der Waals surface area contributed by atoms with Crippen LogP contribution in [0.2, 0.25) is 0 Å². The number of hydrogen-bond acceptors (Lipinski definition) is 3. The minimum Gasteiger partial charge on any atom is -0.393 e. The van der Waals surface area contributed by atoms with Crippen molar-refractivity contribution in [1.29, 1.82) is 0 Å². The van der Waals surface area contributed by atoms with Gasteiger partial charge in [-0.2, -0.15) is 0 Å². The van der Waals surface area contributed by atoms with Crippen LogP contribution in [-0.4, -0.2) is 49.2 Å². The van der Waals surface area contributed by atoms with Crippen LogP contribution in [0.5, 0.6) is 0 Å². The monoisotopic (exact) mass is 262 g/mol. The van der Waals surface area contributed by atoms with Gasteiger partial charge in [-0.3, -0.25) is 4.79 Å². The number of carbonyl (C=O) groups is 1. The summed E-state index contributed by atoms with van der Waals surface area (Å²) in [5.41, 5.74) is 1.74. The van der Waals surface area contributed by atoms with E-state index in [0.717, 1.165) is 11.3 Å². The van der Waals surface area contributed by atoms with E-state index < -0.39 is 0 Å². The van der Waals surface area contributed by atoms with E-state index in [1.54, 1.807) is 0 Å². The Kier molecular flexibility index (Phi) is 4.10. The normalized spacial score (nSPS) is 23.3. The number of nitrogens with zero attached hydrogens (tertiary/aromatic N) is 2. The van der Waals surface area contributed by atoms with Gasteiger partial charge in [-0.15, -0.1) is 0 Å². The number of aliphatic hydroxyl groups is 1. The van der Waals surface area contributed by atoms with Gasteiger partial charge in [0.25, 0.3) is 5.91 Å². The molecule has 1 heterocycles. The molecule has 2 rings (SSSR count). The van der Waals surface area contributed by atoms with Gasteiger partial charge in [0, 0.05) is 38.4 Å². The van der Waals surface area contributed by atoms with E-state index in [2.05, 4.69) is 0 Å². The van der Waals surface area contributed by atoms with Gasteiger partial charge in [0.2, 0.25) is 0 Å². The molecule has 4 nitrogen and oxygen atoms in total. The van der Waals surface area contributed by atoms with Gasteiger partial charge >= 0.3 is 0 Å². The Morgan fingerprint density at radius 3 is 2.79 bits per heavy atom. The van der Waals surface area contributed by atoms with Crippen LogP contribution in [0.4, 0.5) is 5.69 Å². The first kappa shape index (κ1) is 13.9. The van der Waals surface area contributed by atoms with Crippen molar-refractivity contribution in [2.24, 2.45) is 5.92 Å². The first-order chi connectivity index (χ1) is 8.99. The summed E-state index contributed by atoms with van der Waals surface area (Å²) in [7, 11) is 3.92. The average Bonchev–Trinajstić information content (AvgIpc) is 2.41. The molecule has 2 atom stereocenters. The Labute approximate surface area is 114 Å². The zero-order valence-corrected chi connectivity index (χ0v) is 11.8. The second-order valence-electron chi connectivity index (χ2n) is 5.53. The first-order valence-electron chi connectivity index (χ1n) is 6.73. The fraction of sp³-hybridized carbons (Fsp3) is 0.533. The first-order valence-corrected chi connectivity index (χ1v) is 6.73. The number of anilines is 1. The van der Waals surface area contributed by atoms with Gasteiger partial charge in [-0.1, -0.05) is 13.0 Å². The van der Waals surface area contributed by atoms with Crippen molar-refractivity contribution < 1.29 is 9.90 Å². The van der Waals surface area contributed by atoms with Gasteiger partial charge < -0.3 is 14.9 Å². The van der Waals surface area contributed by atoms with Crippen LogP contribution in [0.15, 0.2) is 24.3 Å². The average molecular weight is 262 g/mol. The van der Waals surface area contributed by atoms with Crippen LogP contribution in [0.25, 0.3) is 0 Å². The number of likely N-dealkylation sites (tertiary alicyclic amines) is 1. The van der Waals surface area contributed by atoms with Gasteiger partial charge in [0.1, 0.15) is 0 Å². The lowest BCUT2D eigenvalue weighted by molar-refractivity contribution is 0.0297. The number of aliphatic hydroxyl groups excluding tert-OH is 1. The van der Waals surface area contributed by atoms with Gasteiger partial charge in [-0.25, -0.2) is 0 Å². The molecular weight excluding hydrogens is 240 g/mol. The van der Waals surface area contributed by atoms with Crippen molar-refractivity contribution in [3.8, 4) is 0 Å². The molecule has 1 aromatic carbocycles. The Hall–Kier alpha value is -1.55. The smallest absolute Gasteiger partial charge is 0.253 e. The quantitative estimate of drug-likeness (QED) is 0.880. The van der Waals surface area contributed by atoms with Gasteiger partial charge in [0.05, 0.1) is 6.10 Å². The van der Waals surface area contributed by atoms with Crippen LogP contribution in [0, 0.1) is 5.92 Å². The number of piperidine rings is 1. The van der Waals surface area contributed by atoms with Crippen LogP contribution in [0.1, 0.15) is 23.7 Å². The third-order valence-electron chi connectivity index (χ3n) is 3.76. The number of amides is 1. The van der Waals surface area contributed by atoms with Crippen molar-refractivity contribution in [1.82, 2.24) is 4.90 Å². The molecule has 1 aliphatic heterocycles. The number of rotatable bonds is 2. The van der Waals surface area contributed by atoms with Crippen LogP contribution < -0.4 is 4.90 Å². The largest absolute Gasteiger partial charge is 0.393 e. The van der Waals surface area contributed by atoms with Crippen LogP contribution >= 0.6 is 0 Å². The fourth-order valence-corrected chi connectivity index (χ4v) is 2.42. The number of benzene rings is 1. The fourth-order valence-electron chi connectivity index (χ4n) is 2.42. The molecule has 0 radical (unpaired) electrons. The predicted molar refractivity (Wildman–Crippen MR) is 76.5 cm³/mol. The third kappa shape index (κ3) is 3.07. The second kappa shape index (κ2) is 5.61. The van der Waals surface area contributed by atoms with Crippen molar-refractivity contribution in [3.05, 3.63) is 29.8 Å². The van der Waals surface area contributed by atoms with E-state index in [0.29, 0.717) is 19.5 Å². The molecule has 1 fully saturated rings. The zero-order chi connectivity index (χ0) is 14.0. The summed E-state index contributed by atoms with van der Waals surface area (Å²) < 4.78 is 0. The van der Waals surface area contributed by atoms with Crippen molar-refractivity contribution in [2.75, 3.05) is 32.1 Å². The molecule has 1 N–H and O–H groups in total. The molecule has 1 aromatic rings. The van der Waals surface area contributed by atoms with Gasteiger partial charge in [0.15, 0.2) is 0 Å². The van der Waals surface area contributed by atoms with E-state index in [9.17, 15) is 9.90 Å². The number of hydrogen-bond donors (Lipinski definition) is 1. The lowest BCUT2D eigenvalue weighted by atomic mass is 9.96. The summed E-state index contributed by atoms with van der Waals surface area (Å²) >= 11 is 0. The molecule has 1 aliphatic rings. The highest BCUT2D eigenvalue weighted by Crippen LogP contribution is 2.20. The Morgan fingerprint density at radius 2 is 2.16 bits per heavy atom. The lowest BCUT2D eigenvalue weighted by Gasteiger charge is -2.34. The molecular formula is C15H22N2O2. The van der Waals surface area contributed by atoms with Crippen molar-refractivity contribution >= 4 is 11.6 Å². The maximum Gasteiger partial charge on any atom is 0.253 e. The maximum absolute atomic E-state index is 12.5. The minimum absolute atomic E-state index is 0.0578. The van der Waals surface area contributed by atoms with E-state index >= 15 is 0 Å². The summed E-state index contributed by atoms with van der Waals surface area (Å²) in [5, 5.41) is 9.72. The summed E-state index contributed by atoms with van der Waals surface area (Å²) in [6.45, 7) is 3.25. The zero-order valence-electron chi connectivity index (χ0n) is 11.8. The number of carbonyl (C=O) groups excluding carboxylic acids is 1. The van der Waals surface area contributed by atoms with E-state index in [1.807, 2.05) is 55.1 Å². The predicted octanol–water partition coefficient (Wildman–Crippen LogP) is 1.60. The van der Waals surface area contributed by atoms with Crippen LogP contribution in [0.3, 0.4) is 0 Å². The second-order valence-corrected chi connectivity index (χ2v) is 5.53. The standard InChI is InChI=1S/C15H22N2O2/c1-11-10-17(8-7-14(11)18)15(19)12-5-4-6-13(9-12)16(2)3/h4-6,9,11,14,18H,7-8,10H2,1-3H3. The molecule has 0 aromatic heterocycles.